The van der Waals surface area contributed by atoms with Crippen LogP contribution in [0.1, 0.15) is 67.9 Å². The average molecular weight is 228 g/mol. The third kappa shape index (κ3) is 1.82. The number of aryl methyl sites for hydroxylation is 2. The Kier molecular flexibility index (Phi) is 2.57. The van der Waals surface area contributed by atoms with Gasteiger partial charge >= 0.3 is 0 Å². The van der Waals surface area contributed by atoms with Gasteiger partial charge in [-0.2, -0.15) is 0 Å². The van der Waals surface area contributed by atoms with Crippen molar-refractivity contribution in [3.63, 3.8) is 0 Å². The normalized spacial score (nSPS) is 19.0. The van der Waals surface area contributed by atoms with Gasteiger partial charge < -0.3 is 0 Å². The second-order valence-corrected chi connectivity index (χ2v) is 6.84. The molecule has 3 rings (SSSR count). The van der Waals surface area contributed by atoms with Crippen LogP contribution in [0.2, 0.25) is 0 Å². The van der Waals surface area contributed by atoms with E-state index in [1.165, 1.54) is 44.9 Å². The van der Waals surface area contributed by atoms with Gasteiger partial charge in [0.2, 0.25) is 0 Å². The molecule has 0 heterocycles. The van der Waals surface area contributed by atoms with Crippen molar-refractivity contribution in [1.29, 1.82) is 0 Å². The molecule has 1 aromatic carbocycles. The van der Waals surface area contributed by atoms with Gasteiger partial charge in [-0.05, 0) is 78.2 Å². The standard InChI is InChI=1S/C17H24/c1-17(2,3)16-14-9-5-4-7-12(14)11-13-8-6-10-15(13)16/h11H,4-10H2,1-3H3. The third-order valence-electron chi connectivity index (χ3n) is 4.47. The van der Waals surface area contributed by atoms with E-state index in [0.717, 1.165) is 0 Å². The fourth-order valence-corrected chi connectivity index (χ4v) is 3.88. The van der Waals surface area contributed by atoms with Crippen LogP contribution < -0.4 is 0 Å². The first kappa shape index (κ1) is 11.3. The van der Waals surface area contributed by atoms with E-state index in [0.29, 0.717) is 5.41 Å². The van der Waals surface area contributed by atoms with Gasteiger partial charge in [0.05, 0.1) is 0 Å². The lowest BCUT2D eigenvalue weighted by Crippen LogP contribution is -2.20. The highest BCUT2D eigenvalue weighted by Crippen LogP contribution is 2.40. The zero-order valence-corrected chi connectivity index (χ0v) is 11.5. The summed E-state index contributed by atoms with van der Waals surface area (Å²) in [6.45, 7) is 7.20. The molecule has 0 amide bonds. The fraction of sp³-hybridized carbons (Fsp3) is 0.647. The van der Waals surface area contributed by atoms with Crippen molar-refractivity contribution in [2.45, 2.75) is 71.1 Å². The summed E-state index contributed by atoms with van der Waals surface area (Å²) in [5, 5.41) is 0. The highest BCUT2D eigenvalue weighted by atomic mass is 14.3. The number of hydrogen-bond donors (Lipinski definition) is 0. The monoisotopic (exact) mass is 228 g/mol. The average Bonchev–Trinajstić information content (AvgIpc) is 2.71. The first-order valence-corrected chi connectivity index (χ1v) is 7.24. The van der Waals surface area contributed by atoms with E-state index in [4.69, 9.17) is 0 Å². The van der Waals surface area contributed by atoms with Crippen LogP contribution in [0.3, 0.4) is 0 Å². The molecule has 1 aromatic rings. The number of hydrogen-bond acceptors (Lipinski definition) is 0. The molecule has 0 aromatic heterocycles. The lowest BCUT2D eigenvalue weighted by molar-refractivity contribution is 0.562. The van der Waals surface area contributed by atoms with Gasteiger partial charge in [-0.1, -0.05) is 26.8 Å². The summed E-state index contributed by atoms with van der Waals surface area (Å²) >= 11 is 0. The SMILES string of the molecule is CC(C)(C)c1c2c(cc3c1CCC3)CCCC2. The van der Waals surface area contributed by atoms with E-state index < -0.39 is 0 Å². The molecule has 0 aliphatic heterocycles. The van der Waals surface area contributed by atoms with E-state index in [2.05, 4.69) is 26.8 Å². The van der Waals surface area contributed by atoms with Crippen molar-refractivity contribution in [3.05, 3.63) is 33.9 Å². The Hall–Kier alpha value is -0.780. The minimum Gasteiger partial charge on any atom is -0.0561 e. The van der Waals surface area contributed by atoms with Gasteiger partial charge in [-0.15, -0.1) is 0 Å². The smallest absolute Gasteiger partial charge is 0.0126 e. The lowest BCUT2D eigenvalue weighted by Gasteiger charge is -2.30. The summed E-state index contributed by atoms with van der Waals surface area (Å²) in [5.74, 6) is 0. The van der Waals surface area contributed by atoms with Crippen molar-refractivity contribution < 1.29 is 0 Å². The maximum atomic E-state index is 2.55. The number of benzene rings is 1. The van der Waals surface area contributed by atoms with Gasteiger partial charge in [0.1, 0.15) is 0 Å². The molecule has 0 heteroatoms. The van der Waals surface area contributed by atoms with Crippen LogP contribution >= 0.6 is 0 Å². The molecule has 0 unspecified atom stereocenters. The summed E-state index contributed by atoms with van der Waals surface area (Å²) in [6, 6.07) is 2.55. The van der Waals surface area contributed by atoms with Crippen molar-refractivity contribution in [3.8, 4) is 0 Å². The van der Waals surface area contributed by atoms with E-state index >= 15 is 0 Å². The Balaban J connectivity index is 2.25. The topological polar surface area (TPSA) is 0 Å². The van der Waals surface area contributed by atoms with Crippen LogP contribution in [0, 0.1) is 0 Å². The predicted molar refractivity (Wildman–Crippen MR) is 73.8 cm³/mol. The minimum absolute atomic E-state index is 0.330. The Morgan fingerprint density at radius 2 is 1.29 bits per heavy atom. The molecule has 0 fully saturated rings. The maximum absolute atomic E-state index is 2.55. The quantitative estimate of drug-likeness (QED) is 0.619. The van der Waals surface area contributed by atoms with Crippen molar-refractivity contribution in [2.24, 2.45) is 0 Å². The van der Waals surface area contributed by atoms with Crippen LogP contribution in [-0.4, -0.2) is 0 Å². The second kappa shape index (κ2) is 3.86. The van der Waals surface area contributed by atoms with Crippen molar-refractivity contribution in [1.82, 2.24) is 0 Å². The van der Waals surface area contributed by atoms with Crippen LogP contribution in [0.4, 0.5) is 0 Å². The molecule has 0 saturated carbocycles. The molecule has 0 saturated heterocycles. The summed E-state index contributed by atoms with van der Waals surface area (Å²) in [7, 11) is 0. The molecule has 0 N–H and O–H groups in total. The van der Waals surface area contributed by atoms with Gasteiger partial charge in [0, 0.05) is 0 Å². The van der Waals surface area contributed by atoms with E-state index in [9.17, 15) is 0 Å². The maximum Gasteiger partial charge on any atom is -0.0126 e. The summed E-state index contributed by atoms with van der Waals surface area (Å²) in [4.78, 5) is 0. The second-order valence-electron chi connectivity index (χ2n) is 6.84. The van der Waals surface area contributed by atoms with E-state index in [1.54, 1.807) is 27.8 Å². The van der Waals surface area contributed by atoms with Gasteiger partial charge in [0.15, 0.2) is 0 Å². The predicted octanol–water partition coefficient (Wildman–Crippen LogP) is 4.35. The Bertz CT molecular complexity index is 446. The Labute approximate surface area is 105 Å². The molecular weight excluding hydrogens is 204 g/mol. The van der Waals surface area contributed by atoms with Crippen LogP contribution in [0.15, 0.2) is 6.07 Å². The fourth-order valence-electron chi connectivity index (χ4n) is 3.88. The molecular formula is C17H24. The van der Waals surface area contributed by atoms with E-state index in [-0.39, 0.29) is 0 Å². The zero-order valence-electron chi connectivity index (χ0n) is 11.5. The molecule has 0 spiro atoms. The summed E-state index contributed by atoms with van der Waals surface area (Å²) < 4.78 is 0. The van der Waals surface area contributed by atoms with Crippen LogP contribution in [0.5, 0.6) is 0 Å². The Morgan fingerprint density at radius 1 is 0.765 bits per heavy atom. The molecule has 0 bridgehead atoms. The minimum atomic E-state index is 0.330. The van der Waals surface area contributed by atoms with Crippen LogP contribution in [0.25, 0.3) is 0 Å². The van der Waals surface area contributed by atoms with Gasteiger partial charge in [-0.3, -0.25) is 0 Å². The third-order valence-corrected chi connectivity index (χ3v) is 4.47. The molecule has 92 valence electrons. The van der Waals surface area contributed by atoms with Crippen LogP contribution in [-0.2, 0) is 31.1 Å². The zero-order chi connectivity index (χ0) is 12.0. The van der Waals surface area contributed by atoms with Crippen molar-refractivity contribution in [2.75, 3.05) is 0 Å². The largest absolute Gasteiger partial charge is 0.0561 e. The number of fused-ring (bicyclic) bond motifs is 2. The number of rotatable bonds is 0. The first-order valence-electron chi connectivity index (χ1n) is 7.24. The molecule has 0 nitrogen and oxygen atoms in total. The highest BCUT2D eigenvalue weighted by molar-refractivity contribution is 5.52. The van der Waals surface area contributed by atoms with E-state index in [1.807, 2.05) is 0 Å². The van der Waals surface area contributed by atoms with Gasteiger partial charge in [-0.25, -0.2) is 0 Å². The molecule has 2 aliphatic rings. The molecule has 0 atom stereocenters. The summed E-state index contributed by atoms with van der Waals surface area (Å²) in [5.41, 5.74) is 8.86. The molecule has 0 radical (unpaired) electrons. The Morgan fingerprint density at radius 3 is 1.94 bits per heavy atom. The molecule has 2 aliphatic carbocycles. The summed E-state index contributed by atoms with van der Waals surface area (Å²) in [6.07, 6.45) is 9.48. The molecule has 17 heavy (non-hydrogen) atoms. The first-order chi connectivity index (χ1) is 8.07. The van der Waals surface area contributed by atoms with Gasteiger partial charge in [0.25, 0.3) is 0 Å². The highest BCUT2D eigenvalue weighted by Gasteiger charge is 2.28. The lowest BCUT2D eigenvalue weighted by atomic mass is 9.74. The van der Waals surface area contributed by atoms with Crippen molar-refractivity contribution >= 4 is 0 Å².